The van der Waals surface area contributed by atoms with Crippen molar-refractivity contribution in [2.24, 2.45) is 0 Å². The van der Waals surface area contributed by atoms with Gasteiger partial charge in [-0.3, -0.25) is 9.59 Å². The number of carbonyl (C=O) groups is 2. The zero-order valence-electron chi connectivity index (χ0n) is 50.1. The molecule has 0 spiro atoms. The molecule has 0 radical (unpaired) electrons. The molecule has 0 heterocycles. The first-order chi connectivity index (χ1) is 36.5. The number of carbonyl (C=O) groups excluding carboxylic acids is 2. The molecule has 0 aliphatic carbocycles. The number of allylic oxidation sites excluding steroid dienone is 3. The van der Waals surface area contributed by atoms with Crippen LogP contribution in [0.5, 0.6) is 0 Å². The number of unbranched alkanes of at least 4 members (excludes halogenated alkanes) is 50. The summed E-state index contributed by atoms with van der Waals surface area (Å²) in [7, 11) is 0. The van der Waals surface area contributed by atoms with E-state index >= 15 is 0 Å². The molecule has 0 aromatic carbocycles. The van der Waals surface area contributed by atoms with E-state index in [9.17, 15) is 19.8 Å². The van der Waals surface area contributed by atoms with Crippen molar-refractivity contribution in [3.05, 3.63) is 24.3 Å². The standard InChI is InChI=1S/C68H131NO5/c1-3-5-7-9-11-13-15-17-19-21-22-23-24-25-26-27-28-29-32-36-40-44-48-52-56-60-66(71)65(64-70)69-67(72)61-57-53-49-45-41-37-33-30-31-35-39-43-47-51-55-59-63-74-68(73)62-58-54-50-46-42-38-34-20-18-16-14-12-10-8-6-4-2/h20,34,56,60,65-66,70-71H,3-19,21-33,35-55,57-59,61-64H2,1-2H3,(H,69,72)/b34-20-,60-56+. The minimum Gasteiger partial charge on any atom is -0.466 e. The Kier molecular flexibility index (Phi) is 62.4. The fraction of sp³-hybridized carbons (Fsp3) is 0.912. The zero-order valence-corrected chi connectivity index (χ0v) is 50.1. The van der Waals surface area contributed by atoms with Gasteiger partial charge in [-0.15, -0.1) is 0 Å². The summed E-state index contributed by atoms with van der Waals surface area (Å²) in [6.07, 6.45) is 79.4. The second-order valence-corrected chi connectivity index (χ2v) is 23.2. The van der Waals surface area contributed by atoms with Gasteiger partial charge >= 0.3 is 5.97 Å². The lowest BCUT2D eigenvalue weighted by atomic mass is 10.0. The van der Waals surface area contributed by atoms with Crippen molar-refractivity contribution in [3.8, 4) is 0 Å². The van der Waals surface area contributed by atoms with Crippen LogP contribution in [0.1, 0.15) is 373 Å². The van der Waals surface area contributed by atoms with E-state index in [0.29, 0.717) is 19.4 Å². The fourth-order valence-corrected chi connectivity index (χ4v) is 10.6. The van der Waals surface area contributed by atoms with Gasteiger partial charge in [0.1, 0.15) is 0 Å². The number of nitrogens with one attached hydrogen (secondary N) is 1. The van der Waals surface area contributed by atoms with Crippen molar-refractivity contribution < 1.29 is 24.5 Å². The molecule has 0 aromatic heterocycles. The van der Waals surface area contributed by atoms with Crippen molar-refractivity contribution in [1.82, 2.24) is 5.32 Å². The Bertz CT molecular complexity index is 1150. The molecule has 0 saturated carbocycles. The molecule has 0 aromatic rings. The summed E-state index contributed by atoms with van der Waals surface area (Å²) in [4.78, 5) is 24.6. The van der Waals surface area contributed by atoms with Crippen molar-refractivity contribution in [3.63, 3.8) is 0 Å². The predicted molar refractivity (Wildman–Crippen MR) is 324 cm³/mol. The van der Waals surface area contributed by atoms with Gasteiger partial charge in [-0.2, -0.15) is 0 Å². The van der Waals surface area contributed by atoms with Gasteiger partial charge in [0.25, 0.3) is 0 Å². The number of aliphatic hydroxyl groups excluding tert-OH is 2. The number of ether oxygens (including phenoxy) is 1. The van der Waals surface area contributed by atoms with E-state index in [1.165, 1.54) is 302 Å². The summed E-state index contributed by atoms with van der Waals surface area (Å²) in [5.41, 5.74) is 0. The lowest BCUT2D eigenvalue weighted by molar-refractivity contribution is -0.143. The van der Waals surface area contributed by atoms with Crippen molar-refractivity contribution in [2.45, 2.75) is 386 Å². The molecule has 0 aliphatic heterocycles. The summed E-state index contributed by atoms with van der Waals surface area (Å²) < 4.78 is 5.48. The third-order valence-corrected chi connectivity index (χ3v) is 15.7. The lowest BCUT2D eigenvalue weighted by Crippen LogP contribution is -2.45. The Hall–Kier alpha value is -1.66. The van der Waals surface area contributed by atoms with Crippen LogP contribution in [-0.2, 0) is 14.3 Å². The van der Waals surface area contributed by atoms with E-state index < -0.39 is 12.1 Å². The molecule has 3 N–H and O–H groups in total. The maximum Gasteiger partial charge on any atom is 0.305 e. The highest BCUT2D eigenvalue weighted by Gasteiger charge is 2.18. The number of aliphatic hydroxyl groups is 2. The minimum atomic E-state index is -0.851. The van der Waals surface area contributed by atoms with Crippen LogP contribution in [0.25, 0.3) is 0 Å². The van der Waals surface area contributed by atoms with Crippen LogP contribution < -0.4 is 5.32 Å². The second kappa shape index (κ2) is 63.9. The first-order valence-corrected chi connectivity index (χ1v) is 33.6. The topological polar surface area (TPSA) is 95.9 Å². The van der Waals surface area contributed by atoms with Gasteiger partial charge in [0.2, 0.25) is 5.91 Å². The van der Waals surface area contributed by atoms with Gasteiger partial charge in [0.05, 0.1) is 25.4 Å². The molecule has 0 bridgehead atoms. The van der Waals surface area contributed by atoms with E-state index in [1.54, 1.807) is 6.08 Å². The quantitative estimate of drug-likeness (QED) is 0.0320. The molecule has 2 unspecified atom stereocenters. The second-order valence-electron chi connectivity index (χ2n) is 23.2. The van der Waals surface area contributed by atoms with Gasteiger partial charge < -0.3 is 20.3 Å². The molecular formula is C68H131NO5. The van der Waals surface area contributed by atoms with E-state index in [4.69, 9.17) is 4.74 Å². The normalized spacial score (nSPS) is 12.6. The molecule has 2 atom stereocenters. The summed E-state index contributed by atoms with van der Waals surface area (Å²) in [5, 5.41) is 23.3. The first kappa shape index (κ1) is 72.3. The Labute approximate surface area is 462 Å². The van der Waals surface area contributed by atoms with Gasteiger partial charge in [-0.05, 0) is 57.8 Å². The van der Waals surface area contributed by atoms with Crippen LogP contribution in [-0.4, -0.2) is 47.4 Å². The van der Waals surface area contributed by atoms with Crippen LogP contribution in [0.2, 0.25) is 0 Å². The highest BCUT2D eigenvalue weighted by atomic mass is 16.5. The Morgan fingerprint density at radius 1 is 0.365 bits per heavy atom. The number of amides is 1. The van der Waals surface area contributed by atoms with Crippen LogP contribution in [0, 0.1) is 0 Å². The van der Waals surface area contributed by atoms with E-state index in [1.807, 2.05) is 6.08 Å². The largest absolute Gasteiger partial charge is 0.466 e. The maximum atomic E-state index is 12.5. The number of rotatable bonds is 63. The van der Waals surface area contributed by atoms with E-state index in [0.717, 1.165) is 44.9 Å². The molecule has 6 heteroatoms. The monoisotopic (exact) mass is 1040 g/mol. The third kappa shape index (κ3) is 59.6. The van der Waals surface area contributed by atoms with Gasteiger partial charge in [-0.1, -0.05) is 327 Å². The van der Waals surface area contributed by atoms with Crippen LogP contribution in [0.15, 0.2) is 24.3 Å². The predicted octanol–water partition coefficient (Wildman–Crippen LogP) is 21.4. The molecule has 0 aliphatic rings. The summed E-state index contributed by atoms with van der Waals surface area (Å²) in [5.74, 6) is -0.0750. The molecular weight excluding hydrogens is 911 g/mol. The molecule has 0 fully saturated rings. The van der Waals surface area contributed by atoms with Gasteiger partial charge in [0, 0.05) is 12.8 Å². The molecule has 74 heavy (non-hydrogen) atoms. The van der Waals surface area contributed by atoms with Crippen LogP contribution >= 0.6 is 0 Å². The Morgan fingerprint density at radius 3 is 0.959 bits per heavy atom. The zero-order chi connectivity index (χ0) is 53.6. The average molecular weight is 1040 g/mol. The first-order valence-electron chi connectivity index (χ1n) is 33.6. The number of hydrogen-bond acceptors (Lipinski definition) is 5. The number of esters is 1. The van der Waals surface area contributed by atoms with Crippen molar-refractivity contribution >= 4 is 11.9 Å². The van der Waals surface area contributed by atoms with Crippen LogP contribution in [0.3, 0.4) is 0 Å². The fourth-order valence-electron chi connectivity index (χ4n) is 10.6. The molecule has 438 valence electrons. The summed E-state index contributed by atoms with van der Waals surface area (Å²) >= 11 is 0. The minimum absolute atomic E-state index is 0.00420. The highest BCUT2D eigenvalue weighted by Crippen LogP contribution is 2.18. The molecule has 0 saturated heterocycles. The van der Waals surface area contributed by atoms with Crippen LogP contribution in [0.4, 0.5) is 0 Å². The molecule has 0 rings (SSSR count). The molecule has 1 amide bonds. The maximum absolute atomic E-state index is 12.5. The van der Waals surface area contributed by atoms with Crippen molar-refractivity contribution in [2.75, 3.05) is 13.2 Å². The summed E-state index contributed by atoms with van der Waals surface area (Å²) in [6, 6.07) is -0.635. The third-order valence-electron chi connectivity index (χ3n) is 15.7. The van der Waals surface area contributed by atoms with Gasteiger partial charge in [-0.25, -0.2) is 0 Å². The summed E-state index contributed by atoms with van der Waals surface area (Å²) in [6.45, 7) is 4.92. The van der Waals surface area contributed by atoms with Gasteiger partial charge in [0.15, 0.2) is 0 Å². The lowest BCUT2D eigenvalue weighted by Gasteiger charge is -2.20. The highest BCUT2D eigenvalue weighted by molar-refractivity contribution is 5.76. The van der Waals surface area contributed by atoms with Crippen molar-refractivity contribution in [1.29, 1.82) is 0 Å². The van der Waals surface area contributed by atoms with E-state index in [-0.39, 0.29) is 18.5 Å². The molecule has 6 nitrogen and oxygen atoms in total. The SMILES string of the molecule is CCCCCCCCC/C=C\CCCCCCCC(=O)OCCCCCCCCCCCCCCCCCCC(=O)NC(CO)C(O)/C=C/CCCCCCCCCCCCCCCCCCCCCCCCC. The van der Waals surface area contributed by atoms with E-state index in [2.05, 4.69) is 31.3 Å². The smallest absolute Gasteiger partial charge is 0.305 e. The number of hydrogen-bond donors (Lipinski definition) is 3. The average Bonchev–Trinajstić information content (AvgIpc) is 3.40. The Morgan fingerprint density at radius 2 is 0.635 bits per heavy atom. The Balaban J connectivity index is 3.44.